The van der Waals surface area contributed by atoms with Gasteiger partial charge in [0.05, 0.1) is 4.47 Å². The summed E-state index contributed by atoms with van der Waals surface area (Å²) >= 11 is 3.32. The van der Waals surface area contributed by atoms with Crippen LogP contribution in [0.25, 0.3) is 0 Å². The second-order valence-electron chi connectivity index (χ2n) is 5.22. The van der Waals surface area contributed by atoms with Crippen LogP contribution in [-0.2, 0) is 5.54 Å². The van der Waals surface area contributed by atoms with E-state index in [1.165, 1.54) is 12.1 Å². The summed E-state index contributed by atoms with van der Waals surface area (Å²) < 4.78 is 19.8. The number of nitrogens with two attached hydrogens (primary N) is 1. The Bertz CT molecular complexity index is 443. The highest BCUT2D eigenvalue weighted by molar-refractivity contribution is 9.10. The van der Waals surface area contributed by atoms with Gasteiger partial charge in [-0.1, -0.05) is 0 Å². The molecule has 1 heterocycles. The van der Waals surface area contributed by atoms with Gasteiger partial charge in [-0.15, -0.1) is 0 Å². The van der Waals surface area contributed by atoms with Crippen molar-refractivity contribution in [1.29, 1.82) is 0 Å². The summed E-state index contributed by atoms with van der Waals surface area (Å²) in [4.78, 5) is 0. The molecular weight excluding hydrogens is 273 g/mol. The Morgan fingerprint density at radius 1 is 1.38 bits per heavy atom. The van der Waals surface area contributed by atoms with Gasteiger partial charge in [-0.3, -0.25) is 0 Å². The van der Waals surface area contributed by atoms with E-state index in [0.717, 1.165) is 5.56 Å². The lowest BCUT2D eigenvalue weighted by molar-refractivity contribution is 0.0490. The SMILES string of the molecule is CC1(C)CC(C)(N)c2cc(F)cc(Br)c2O1. The van der Waals surface area contributed by atoms with Crippen LogP contribution < -0.4 is 10.5 Å². The Kier molecular flexibility index (Phi) is 2.55. The molecule has 1 aromatic rings. The van der Waals surface area contributed by atoms with Crippen molar-refractivity contribution in [3.05, 3.63) is 28.0 Å². The minimum absolute atomic E-state index is 0.300. The van der Waals surface area contributed by atoms with Crippen LogP contribution >= 0.6 is 15.9 Å². The molecule has 2 nitrogen and oxygen atoms in total. The molecule has 0 bridgehead atoms. The standard InChI is InChI=1S/C12H15BrFNO/c1-11(2)6-12(3,15)8-4-7(14)5-9(13)10(8)16-11/h4-5H,6,15H2,1-3H3. The lowest BCUT2D eigenvalue weighted by atomic mass is 9.80. The van der Waals surface area contributed by atoms with Crippen LogP contribution in [-0.4, -0.2) is 5.60 Å². The van der Waals surface area contributed by atoms with Crippen molar-refractivity contribution in [2.75, 3.05) is 0 Å². The summed E-state index contributed by atoms with van der Waals surface area (Å²) in [7, 11) is 0. The zero-order valence-corrected chi connectivity index (χ0v) is 11.2. The van der Waals surface area contributed by atoms with E-state index in [1.807, 2.05) is 20.8 Å². The van der Waals surface area contributed by atoms with Gasteiger partial charge in [0, 0.05) is 17.5 Å². The van der Waals surface area contributed by atoms with Crippen LogP contribution in [0.2, 0.25) is 0 Å². The topological polar surface area (TPSA) is 35.2 Å². The molecule has 1 aliphatic rings. The summed E-state index contributed by atoms with van der Waals surface area (Å²) in [6, 6.07) is 2.85. The molecule has 1 atom stereocenters. The fourth-order valence-corrected chi connectivity index (χ4v) is 2.89. The Morgan fingerprint density at radius 2 is 2.00 bits per heavy atom. The molecule has 0 fully saturated rings. The van der Waals surface area contributed by atoms with Crippen molar-refractivity contribution in [2.45, 2.75) is 38.3 Å². The smallest absolute Gasteiger partial charge is 0.139 e. The van der Waals surface area contributed by atoms with Gasteiger partial charge in [-0.2, -0.15) is 0 Å². The first-order chi connectivity index (χ1) is 7.21. The van der Waals surface area contributed by atoms with Gasteiger partial charge in [-0.25, -0.2) is 4.39 Å². The zero-order valence-electron chi connectivity index (χ0n) is 9.60. The quantitative estimate of drug-likeness (QED) is 0.794. The fraction of sp³-hybridized carbons (Fsp3) is 0.500. The average Bonchev–Trinajstić information content (AvgIpc) is 2.05. The first kappa shape index (κ1) is 11.9. The number of benzene rings is 1. The first-order valence-electron chi connectivity index (χ1n) is 5.19. The molecule has 0 aromatic heterocycles. The molecule has 2 rings (SSSR count). The van der Waals surface area contributed by atoms with E-state index in [2.05, 4.69) is 15.9 Å². The maximum absolute atomic E-state index is 13.4. The van der Waals surface area contributed by atoms with Crippen LogP contribution in [0.5, 0.6) is 5.75 Å². The third-order valence-corrected chi connectivity index (χ3v) is 3.38. The number of hydrogen-bond acceptors (Lipinski definition) is 2. The summed E-state index contributed by atoms with van der Waals surface area (Å²) in [5, 5.41) is 0. The van der Waals surface area contributed by atoms with E-state index in [4.69, 9.17) is 10.5 Å². The molecule has 2 N–H and O–H groups in total. The van der Waals surface area contributed by atoms with Crippen molar-refractivity contribution in [1.82, 2.24) is 0 Å². The fourth-order valence-electron chi connectivity index (χ4n) is 2.38. The monoisotopic (exact) mass is 287 g/mol. The molecule has 0 saturated carbocycles. The van der Waals surface area contributed by atoms with Crippen LogP contribution in [0, 0.1) is 5.82 Å². The summed E-state index contributed by atoms with van der Waals surface area (Å²) in [5.74, 6) is 0.355. The number of hydrogen-bond donors (Lipinski definition) is 1. The maximum Gasteiger partial charge on any atom is 0.139 e. The highest BCUT2D eigenvalue weighted by Gasteiger charge is 2.40. The van der Waals surface area contributed by atoms with E-state index >= 15 is 0 Å². The number of ether oxygens (including phenoxy) is 1. The number of fused-ring (bicyclic) bond motifs is 1. The molecule has 0 amide bonds. The summed E-state index contributed by atoms with van der Waals surface area (Å²) in [6.45, 7) is 5.87. The average molecular weight is 288 g/mol. The predicted octanol–water partition coefficient (Wildman–Crippen LogP) is 3.32. The normalized spacial score (nSPS) is 27.1. The third kappa shape index (κ3) is 1.96. The van der Waals surface area contributed by atoms with Gasteiger partial charge in [0.15, 0.2) is 0 Å². The van der Waals surface area contributed by atoms with Crippen molar-refractivity contribution in [2.24, 2.45) is 5.73 Å². The molecule has 1 aliphatic heterocycles. The molecule has 0 saturated heterocycles. The highest BCUT2D eigenvalue weighted by Crippen LogP contribution is 2.45. The molecule has 0 aliphatic carbocycles. The molecule has 0 spiro atoms. The van der Waals surface area contributed by atoms with E-state index in [1.54, 1.807) is 0 Å². The third-order valence-electron chi connectivity index (χ3n) is 2.79. The highest BCUT2D eigenvalue weighted by atomic mass is 79.9. The molecular formula is C12H15BrFNO. The van der Waals surface area contributed by atoms with Crippen molar-refractivity contribution >= 4 is 15.9 Å². The molecule has 88 valence electrons. The molecule has 0 radical (unpaired) electrons. The lowest BCUT2D eigenvalue weighted by Gasteiger charge is -2.42. The minimum atomic E-state index is -0.568. The van der Waals surface area contributed by atoms with E-state index in [-0.39, 0.29) is 11.4 Å². The van der Waals surface area contributed by atoms with E-state index in [0.29, 0.717) is 16.6 Å². The van der Waals surface area contributed by atoms with E-state index in [9.17, 15) is 4.39 Å². The summed E-state index contributed by atoms with van der Waals surface area (Å²) in [6.07, 6.45) is 0.656. The van der Waals surface area contributed by atoms with Crippen molar-refractivity contribution in [3.8, 4) is 5.75 Å². The van der Waals surface area contributed by atoms with Crippen LogP contribution in [0.15, 0.2) is 16.6 Å². The van der Waals surface area contributed by atoms with Crippen molar-refractivity contribution < 1.29 is 9.13 Å². The molecule has 16 heavy (non-hydrogen) atoms. The Hall–Kier alpha value is -0.610. The predicted molar refractivity (Wildman–Crippen MR) is 65.0 cm³/mol. The molecule has 1 aromatic carbocycles. The van der Waals surface area contributed by atoms with Crippen LogP contribution in [0.3, 0.4) is 0 Å². The lowest BCUT2D eigenvalue weighted by Crippen LogP contribution is -2.47. The largest absolute Gasteiger partial charge is 0.486 e. The van der Waals surface area contributed by atoms with Gasteiger partial charge in [0.2, 0.25) is 0 Å². The second-order valence-corrected chi connectivity index (χ2v) is 6.07. The zero-order chi connectivity index (χ0) is 12.1. The molecule has 1 unspecified atom stereocenters. The maximum atomic E-state index is 13.4. The van der Waals surface area contributed by atoms with Gasteiger partial charge in [0.1, 0.15) is 17.2 Å². The van der Waals surface area contributed by atoms with Crippen molar-refractivity contribution in [3.63, 3.8) is 0 Å². The minimum Gasteiger partial charge on any atom is -0.486 e. The van der Waals surface area contributed by atoms with E-state index < -0.39 is 5.54 Å². The van der Waals surface area contributed by atoms with Gasteiger partial charge in [0.25, 0.3) is 0 Å². The van der Waals surface area contributed by atoms with Gasteiger partial charge in [-0.05, 0) is 48.8 Å². The molecule has 4 heteroatoms. The Labute approximate surface area is 103 Å². The first-order valence-corrected chi connectivity index (χ1v) is 5.98. The second kappa shape index (κ2) is 3.44. The Balaban J connectivity index is 2.64. The number of rotatable bonds is 0. The van der Waals surface area contributed by atoms with Crippen LogP contribution in [0.1, 0.15) is 32.8 Å². The van der Waals surface area contributed by atoms with Gasteiger partial charge < -0.3 is 10.5 Å². The summed E-state index contributed by atoms with van der Waals surface area (Å²) in [5.41, 5.74) is 6.05. The van der Waals surface area contributed by atoms with Crippen LogP contribution in [0.4, 0.5) is 4.39 Å². The van der Waals surface area contributed by atoms with Gasteiger partial charge >= 0.3 is 0 Å². The Morgan fingerprint density at radius 3 is 2.62 bits per heavy atom. The number of halogens is 2.